The summed E-state index contributed by atoms with van der Waals surface area (Å²) in [5.41, 5.74) is 1.22. The van der Waals surface area contributed by atoms with Gasteiger partial charge in [0.2, 0.25) is 0 Å². The fourth-order valence-electron chi connectivity index (χ4n) is 2.57. The monoisotopic (exact) mass is 378 g/mol. The van der Waals surface area contributed by atoms with Crippen molar-refractivity contribution < 1.29 is 23.9 Å². The summed E-state index contributed by atoms with van der Waals surface area (Å²) in [5.74, 6) is 0.00509. The van der Waals surface area contributed by atoms with E-state index in [2.05, 4.69) is 15.3 Å². The molecule has 1 unspecified atom stereocenters. The highest BCUT2D eigenvalue weighted by Gasteiger charge is 2.21. The third kappa shape index (κ3) is 4.79. The first-order valence-corrected chi connectivity index (χ1v) is 8.38. The Bertz CT molecular complexity index is 842. The topological polar surface area (TPSA) is 126 Å². The SMILES string of the molecule is CCOC(=O)CCNC(C)c1cc([N+](=O)[O-])cc2nc(OC)c(OC)nc12. The van der Waals surface area contributed by atoms with Crippen LogP contribution in [0.2, 0.25) is 0 Å². The van der Waals surface area contributed by atoms with E-state index < -0.39 is 4.92 Å². The van der Waals surface area contributed by atoms with Crippen LogP contribution in [-0.2, 0) is 9.53 Å². The maximum atomic E-state index is 11.5. The van der Waals surface area contributed by atoms with E-state index in [1.54, 1.807) is 6.92 Å². The lowest BCUT2D eigenvalue weighted by Crippen LogP contribution is -2.23. The Balaban J connectivity index is 2.40. The fourth-order valence-corrected chi connectivity index (χ4v) is 2.57. The number of fused-ring (bicyclic) bond motifs is 1. The standard InChI is InChI=1S/C17H22N4O6/c1-5-27-14(22)6-7-18-10(2)12-8-11(21(23)24)9-13-15(12)20-17(26-4)16(19-13)25-3/h8-10,18H,5-7H2,1-4H3. The summed E-state index contributed by atoms with van der Waals surface area (Å²) in [6.45, 7) is 4.23. The molecule has 0 bridgehead atoms. The molecule has 0 aliphatic rings. The summed E-state index contributed by atoms with van der Waals surface area (Å²) < 4.78 is 15.2. The predicted octanol–water partition coefficient (Wildman–Crippen LogP) is 2.16. The van der Waals surface area contributed by atoms with Crippen LogP contribution in [0.25, 0.3) is 11.0 Å². The number of nitro benzene ring substituents is 1. The second-order valence-electron chi connectivity index (χ2n) is 5.63. The highest BCUT2D eigenvalue weighted by atomic mass is 16.6. The summed E-state index contributed by atoms with van der Waals surface area (Å²) in [6, 6.07) is 2.44. The van der Waals surface area contributed by atoms with E-state index in [1.807, 2.05) is 6.92 Å². The van der Waals surface area contributed by atoms with E-state index in [1.165, 1.54) is 26.4 Å². The Labute approximate surface area is 156 Å². The van der Waals surface area contributed by atoms with Crippen LogP contribution in [0.4, 0.5) is 5.69 Å². The lowest BCUT2D eigenvalue weighted by atomic mass is 10.0. The van der Waals surface area contributed by atoms with Gasteiger partial charge in [0.25, 0.3) is 17.4 Å². The van der Waals surface area contributed by atoms with E-state index in [0.717, 1.165) is 0 Å². The highest BCUT2D eigenvalue weighted by molar-refractivity contribution is 5.82. The molecular weight excluding hydrogens is 356 g/mol. The number of nitrogens with one attached hydrogen (secondary N) is 1. The van der Waals surface area contributed by atoms with Crippen molar-refractivity contribution in [2.75, 3.05) is 27.4 Å². The summed E-state index contributed by atoms with van der Waals surface area (Å²) in [4.78, 5) is 30.9. The van der Waals surface area contributed by atoms with Crippen LogP contribution >= 0.6 is 0 Å². The smallest absolute Gasteiger partial charge is 0.307 e. The number of rotatable bonds is 9. The first-order chi connectivity index (χ1) is 12.9. The molecule has 1 N–H and O–H groups in total. The molecule has 0 saturated carbocycles. The molecule has 0 aliphatic carbocycles. The molecular formula is C17H22N4O6. The summed E-state index contributed by atoms with van der Waals surface area (Å²) in [7, 11) is 2.85. The lowest BCUT2D eigenvalue weighted by molar-refractivity contribution is -0.384. The second-order valence-corrected chi connectivity index (χ2v) is 5.63. The van der Waals surface area contributed by atoms with Gasteiger partial charge in [0.1, 0.15) is 5.52 Å². The zero-order chi connectivity index (χ0) is 20.0. The van der Waals surface area contributed by atoms with Crippen molar-refractivity contribution in [3.8, 4) is 11.8 Å². The number of non-ortho nitro benzene ring substituents is 1. The molecule has 0 radical (unpaired) electrons. The van der Waals surface area contributed by atoms with Crippen LogP contribution in [0.3, 0.4) is 0 Å². The van der Waals surface area contributed by atoms with Crippen molar-refractivity contribution in [3.63, 3.8) is 0 Å². The van der Waals surface area contributed by atoms with E-state index >= 15 is 0 Å². The number of hydrogen-bond donors (Lipinski definition) is 1. The number of benzene rings is 1. The maximum absolute atomic E-state index is 11.5. The number of ether oxygens (including phenoxy) is 3. The van der Waals surface area contributed by atoms with Crippen LogP contribution in [0.15, 0.2) is 12.1 Å². The summed E-state index contributed by atoms with van der Waals surface area (Å²) >= 11 is 0. The molecule has 27 heavy (non-hydrogen) atoms. The van der Waals surface area contributed by atoms with Gasteiger partial charge in [-0.3, -0.25) is 14.9 Å². The Morgan fingerprint density at radius 2 is 1.93 bits per heavy atom. The molecule has 2 rings (SSSR count). The number of nitrogens with zero attached hydrogens (tertiary/aromatic N) is 3. The number of nitro groups is 1. The number of aromatic nitrogens is 2. The quantitative estimate of drug-likeness (QED) is 0.397. The van der Waals surface area contributed by atoms with Gasteiger partial charge in [-0.1, -0.05) is 0 Å². The maximum Gasteiger partial charge on any atom is 0.307 e. The average Bonchev–Trinajstić information content (AvgIpc) is 2.65. The summed E-state index contributed by atoms with van der Waals surface area (Å²) in [6.07, 6.45) is 0.188. The molecule has 1 atom stereocenters. The molecule has 0 aliphatic heterocycles. The van der Waals surface area contributed by atoms with Gasteiger partial charge in [-0.05, 0) is 13.8 Å². The van der Waals surface area contributed by atoms with Crippen LogP contribution in [-0.4, -0.2) is 48.2 Å². The van der Waals surface area contributed by atoms with Crippen molar-refractivity contribution >= 4 is 22.7 Å². The second kappa shape index (κ2) is 9.08. The third-order valence-corrected chi connectivity index (χ3v) is 3.87. The minimum atomic E-state index is -0.493. The van der Waals surface area contributed by atoms with Crippen LogP contribution in [0.5, 0.6) is 11.8 Å². The minimum absolute atomic E-state index is 0.113. The predicted molar refractivity (Wildman–Crippen MR) is 97.0 cm³/mol. The van der Waals surface area contributed by atoms with E-state index in [9.17, 15) is 14.9 Å². The van der Waals surface area contributed by atoms with Crippen molar-refractivity contribution in [1.82, 2.24) is 15.3 Å². The molecule has 0 saturated heterocycles. The Morgan fingerprint density at radius 1 is 1.26 bits per heavy atom. The molecule has 1 aromatic carbocycles. The van der Waals surface area contributed by atoms with Gasteiger partial charge < -0.3 is 19.5 Å². The van der Waals surface area contributed by atoms with Gasteiger partial charge >= 0.3 is 5.97 Å². The van der Waals surface area contributed by atoms with Gasteiger partial charge in [-0.15, -0.1) is 0 Å². The number of methoxy groups -OCH3 is 2. The van der Waals surface area contributed by atoms with Crippen LogP contribution in [0.1, 0.15) is 31.9 Å². The van der Waals surface area contributed by atoms with Crippen molar-refractivity contribution in [3.05, 3.63) is 27.8 Å². The average molecular weight is 378 g/mol. The molecule has 146 valence electrons. The molecule has 0 amide bonds. The Hall–Kier alpha value is -3.01. The van der Waals surface area contributed by atoms with Crippen molar-refractivity contribution in [1.29, 1.82) is 0 Å². The number of hydrogen-bond acceptors (Lipinski definition) is 9. The van der Waals surface area contributed by atoms with Crippen molar-refractivity contribution in [2.24, 2.45) is 0 Å². The highest BCUT2D eigenvalue weighted by Crippen LogP contribution is 2.32. The Kier molecular flexibility index (Phi) is 6.83. The van der Waals surface area contributed by atoms with E-state index in [0.29, 0.717) is 29.7 Å². The molecule has 0 fully saturated rings. The number of carbonyl (C=O) groups is 1. The molecule has 2 aromatic rings. The minimum Gasteiger partial charge on any atom is -0.477 e. The fraction of sp³-hybridized carbons (Fsp3) is 0.471. The molecule has 0 spiro atoms. The van der Waals surface area contributed by atoms with Crippen LogP contribution < -0.4 is 14.8 Å². The number of carbonyl (C=O) groups excluding carboxylic acids is 1. The Morgan fingerprint density at radius 3 is 2.52 bits per heavy atom. The molecule has 1 heterocycles. The van der Waals surface area contributed by atoms with Gasteiger partial charge in [0, 0.05) is 30.3 Å². The molecule has 10 nitrogen and oxygen atoms in total. The molecule has 1 aromatic heterocycles. The van der Waals surface area contributed by atoms with Crippen LogP contribution in [0, 0.1) is 10.1 Å². The van der Waals surface area contributed by atoms with Gasteiger partial charge in [-0.2, -0.15) is 0 Å². The zero-order valence-corrected chi connectivity index (χ0v) is 15.6. The normalized spacial score (nSPS) is 11.9. The van der Waals surface area contributed by atoms with E-state index in [-0.39, 0.29) is 35.9 Å². The van der Waals surface area contributed by atoms with Crippen molar-refractivity contribution in [2.45, 2.75) is 26.3 Å². The summed E-state index contributed by atoms with van der Waals surface area (Å²) in [5, 5.41) is 14.4. The third-order valence-electron chi connectivity index (χ3n) is 3.87. The van der Waals surface area contributed by atoms with Gasteiger partial charge in [-0.25, -0.2) is 9.97 Å². The first kappa shape index (κ1) is 20.3. The molecule has 10 heteroatoms. The lowest BCUT2D eigenvalue weighted by Gasteiger charge is -2.16. The first-order valence-electron chi connectivity index (χ1n) is 8.38. The zero-order valence-electron chi connectivity index (χ0n) is 15.6. The number of esters is 1. The van der Waals surface area contributed by atoms with Gasteiger partial charge in [0.15, 0.2) is 0 Å². The van der Waals surface area contributed by atoms with E-state index in [4.69, 9.17) is 14.2 Å². The largest absolute Gasteiger partial charge is 0.477 e. The van der Waals surface area contributed by atoms with Gasteiger partial charge in [0.05, 0.1) is 37.7 Å².